The van der Waals surface area contributed by atoms with Gasteiger partial charge in [-0.2, -0.15) is 0 Å². The molecule has 0 aliphatic carbocycles. The molecule has 2 heterocycles. The maximum absolute atomic E-state index is 12.5. The average molecular weight is 346 g/mol. The number of aliphatic carboxylic acids is 1. The van der Waals surface area contributed by atoms with Gasteiger partial charge in [0.2, 0.25) is 5.91 Å². The molecule has 2 atom stereocenters. The number of hydrogen-bond donors (Lipinski definition) is 1. The number of morpholine rings is 1. The monoisotopic (exact) mass is 346 g/mol. The normalized spacial score (nSPS) is 24.9. The van der Waals surface area contributed by atoms with Gasteiger partial charge in [-0.15, -0.1) is 0 Å². The topological polar surface area (TPSA) is 70.1 Å². The molecule has 0 radical (unpaired) electrons. The second kappa shape index (κ2) is 8.45. The maximum Gasteiger partial charge on any atom is 0.308 e. The second-order valence-electron chi connectivity index (χ2n) is 6.93. The van der Waals surface area contributed by atoms with Crippen molar-refractivity contribution in [1.29, 1.82) is 0 Å². The molecule has 2 aliphatic rings. The molecule has 0 spiro atoms. The molecule has 0 aromatic heterocycles. The lowest BCUT2D eigenvalue weighted by atomic mass is 9.98. The van der Waals surface area contributed by atoms with Crippen LogP contribution in [0.5, 0.6) is 0 Å². The Morgan fingerprint density at radius 2 is 1.96 bits per heavy atom. The summed E-state index contributed by atoms with van der Waals surface area (Å²) in [6.07, 6.45) is 1.63. The van der Waals surface area contributed by atoms with Gasteiger partial charge in [-0.3, -0.25) is 14.5 Å². The first kappa shape index (κ1) is 17.9. The molecule has 0 saturated carbocycles. The first-order chi connectivity index (χ1) is 12.1. The van der Waals surface area contributed by atoms with Crippen molar-refractivity contribution in [3.8, 4) is 0 Å². The van der Waals surface area contributed by atoms with E-state index in [9.17, 15) is 9.59 Å². The van der Waals surface area contributed by atoms with Gasteiger partial charge in [0.1, 0.15) is 0 Å². The van der Waals surface area contributed by atoms with Crippen LogP contribution in [0.4, 0.5) is 0 Å². The van der Waals surface area contributed by atoms with E-state index in [1.54, 1.807) is 4.90 Å². The number of amides is 1. The summed E-state index contributed by atoms with van der Waals surface area (Å²) in [5.74, 6) is -1.22. The highest BCUT2D eigenvalue weighted by molar-refractivity contribution is 5.78. The Hall–Kier alpha value is -1.92. The summed E-state index contributed by atoms with van der Waals surface area (Å²) in [5, 5.41) is 9.16. The summed E-state index contributed by atoms with van der Waals surface area (Å²) in [6, 6.07) is 10.3. The fourth-order valence-corrected chi connectivity index (χ4v) is 3.62. The molecule has 0 bridgehead atoms. The molecule has 6 heteroatoms. The lowest BCUT2D eigenvalue weighted by Gasteiger charge is -2.35. The Morgan fingerprint density at radius 3 is 2.72 bits per heavy atom. The van der Waals surface area contributed by atoms with Crippen molar-refractivity contribution in [3.05, 3.63) is 35.9 Å². The first-order valence-corrected chi connectivity index (χ1v) is 9.00. The highest BCUT2D eigenvalue weighted by atomic mass is 16.5. The van der Waals surface area contributed by atoms with Crippen LogP contribution in [0.3, 0.4) is 0 Å². The van der Waals surface area contributed by atoms with E-state index in [0.717, 1.165) is 26.1 Å². The van der Waals surface area contributed by atoms with E-state index in [0.29, 0.717) is 32.5 Å². The van der Waals surface area contributed by atoms with Gasteiger partial charge in [0.15, 0.2) is 0 Å². The molecule has 6 nitrogen and oxygen atoms in total. The summed E-state index contributed by atoms with van der Waals surface area (Å²) < 4.78 is 5.78. The zero-order valence-electron chi connectivity index (χ0n) is 14.5. The Bertz CT molecular complexity index is 592. The van der Waals surface area contributed by atoms with Gasteiger partial charge in [-0.25, -0.2) is 0 Å². The van der Waals surface area contributed by atoms with Crippen molar-refractivity contribution in [2.45, 2.75) is 31.9 Å². The number of ether oxygens (including phenoxy) is 1. The quantitative estimate of drug-likeness (QED) is 0.877. The Balaban J connectivity index is 1.50. The van der Waals surface area contributed by atoms with Crippen LogP contribution in [0.1, 0.15) is 24.8 Å². The molecule has 25 heavy (non-hydrogen) atoms. The molecule has 136 valence electrons. The van der Waals surface area contributed by atoms with Gasteiger partial charge in [0.25, 0.3) is 0 Å². The van der Waals surface area contributed by atoms with Gasteiger partial charge in [-0.1, -0.05) is 30.3 Å². The minimum Gasteiger partial charge on any atom is -0.481 e. The molecule has 2 saturated heterocycles. The lowest BCUT2D eigenvalue weighted by molar-refractivity contribution is -0.146. The van der Waals surface area contributed by atoms with Gasteiger partial charge in [0, 0.05) is 32.7 Å². The smallest absolute Gasteiger partial charge is 0.308 e. The van der Waals surface area contributed by atoms with Crippen LogP contribution in [0, 0.1) is 5.92 Å². The van der Waals surface area contributed by atoms with Gasteiger partial charge in [-0.05, 0) is 18.4 Å². The van der Waals surface area contributed by atoms with E-state index in [-0.39, 0.29) is 12.0 Å². The van der Waals surface area contributed by atoms with Gasteiger partial charge >= 0.3 is 5.97 Å². The number of carboxylic acids is 1. The molecular weight excluding hydrogens is 320 g/mol. The van der Waals surface area contributed by atoms with Crippen molar-refractivity contribution in [2.24, 2.45) is 5.92 Å². The van der Waals surface area contributed by atoms with Crippen molar-refractivity contribution in [2.75, 3.05) is 32.8 Å². The predicted molar refractivity (Wildman–Crippen MR) is 93.0 cm³/mol. The fraction of sp³-hybridized carbons (Fsp3) is 0.579. The third kappa shape index (κ3) is 5.03. The summed E-state index contributed by atoms with van der Waals surface area (Å²) >= 11 is 0. The summed E-state index contributed by atoms with van der Waals surface area (Å²) in [7, 11) is 0. The Kier molecular flexibility index (Phi) is 6.04. The summed E-state index contributed by atoms with van der Waals surface area (Å²) in [4.78, 5) is 27.7. The maximum atomic E-state index is 12.5. The number of hydrogen-bond acceptors (Lipinski definition) is 4. The van der Waals surface area contributed by atoms with E-state index in [4.69, 9.17) is 9.84 Å². The number of likely N-dealkylation sites (tertiary alicyclic amines) is 1. The van der Waals surface area contributed by atoms with Crippen LogP contribution in [0.15, 0.2) is 30.3 Å². The third-order valence-corrected chi connectivity index (χ3v) is 5.00. The van der Waals surface area contributed by atoms with Crippen molar-refractivity contribution in [3.63, 3.8) is 0 Å². The number of carbonyl (C=O) groups excluding carboxylic acids is 1. The minimum atomic E-state index is -0.805. The van der Waals surface area contributed by atoms with E-state index < -0.39 is 11.9 Å². The third-order valence-electron chi connectivity index (χ3n) is 5.00. The lowest BCUT2D eigenvalue weighted by Crippen LogP contribution is -2.47. The van der Waals surface area contributed by atoms with E-state index in [1.165, 1.54) is 5.56 Å². The first-order valence-electron chi connectivity index (χ1n) is 9.00. The number of benzene rings is 1. The highest BCUT2D eigenvalue weighted by Gasteiger charge is 2.30. The molecule has 1 aromatic carbocycles. The van der Waals surface area contributed by atoms with Gasteiger partial charge in [0.05, 0.1) is 25.0 Å². The molecule has 1 N–H and O–H groups in total. The number of carboxylic acid groups (broad SMARTS) is 1. The van der Waals surface area contributed by atoms with Crippen molar-refractivity contribution in [1.82, 2.24) is 9.80 Å². The van der Waals surface area contributed by atoms with E-state index in [1.807, 2.05) is 18.2 Å². The summed E-state index contributed by atoms with van der Waals surface area (Å²) in [5.41, 5.74) is 1.26. The van der Waals surface area contributed by atoms with Crippen molar-refractivity contribution < 1.29 is 19.4 Å². The van der Waals surface area contributed by atoms with Crippen LogP contribution in [0.25, 0.3) is 0 Å². The minimum absolute atomic E-state index is 0.0116. The van der Waals surface area contributed by atoms with Crippen molar-refractivity contribution >= 4 is 11.9 Å². The van der Waals surface area contributed by atoms with E-state index >= 15 is 0 Å². The molecule has 1 amide bonds. The predicted octanol–water partition coefficient (Wildman–Crippen LogP) is 1.60. The van der Waals surface area contributed by atoms with E-state index in [2.05, 4.69) is 17.0 Å². The van der Waals surface area contributed by atoms with Crippen LogP contribution in [-0.4, -0.2) is 65.7 Å². The average Bonchev–Trinajstić information content (AvgIpc) is 2.63. The van der Waals surface area contributed by atoms with Crippen LogP contribution in [-0.2, 0) is 20.9 Å². The molecule has 2 aliphatic heterocycles. The van der Waals surface area contributed by atoms with Crippen LogP contribution < -0.4 is 0 Å². The largest absolute Gasteiger partial charge is 0.481 e. The van der Waals surface area contributed by atoms with Crippen LogP contribution in [0.2, 0.25) is 0 Å². The zero-order valence-corrected chi connectivity index (χ0v) is 14.5. The molecule has 3 rings (SSSR count). The Labute approximate surface area is 148 Å². The molecular formula is C19H26N2O4. The number of rotatable bonds is 5. The molecule has 1 aromatic rings. The SMILES string of the molecule is O=C(O)C1CCCN(C(=O)CC2CN(Cc3ccccc3)CCO2)C1. The molecule has 2 unspecified atom stereocenters. The second-order valence-corrected chi connectivity index (χ2v) is 6.93. The fourth-order valence-electron chi connectivity index (χ4n) is 3.62. The van der Waals surface area contributed by atoms with Gasteiger partial charge < -0.3 is 14.7 Å². The highest BCUT2D eigenvalue weighted by Crippen LogP contribution is 2.19. The molecule has 2 fully saturated rings. The Morgan fingerprint density at radius 1 is 1.16 bits per heavy atom. The number of carbonyl (C=O) groups is 2. The number of piperidine rings is 1. The zero-order chi connectivity index (χ0) is 17.6. The number of nitrogens with zero attached hydrogens (tertiary/aromatic N) is 2. The summed E-state index contributed by atoms with van der Waals surface area (Å²) in [6.45, 7) is 4.07. The van der Waals surface area contributed by atoms with Crippen LogP contribution >= 0.6 is 0 Å². The standard InChI is InChI=1S/C19H26N2O4/c22-18(21-8-4-7-16(13-21)19(23)24)11-17-14-20(9-10-25-17)12-15-5-2-1-3-6-15/h1-3,5-6,16-17H,4,7-14H2,(H,23,24).